The van der Waals surface area contributed by atoms with Crippen LogP contribution in [0.5, 0.6) is 0 Å². The van der Waals surface area contributed by atoms with Gasteiger partial charge < -0.3 is 114 Å². The lowest BCUT2D eigenvalue weighted by Crippen LogP contribution is -2.69. The summed E-state index contributed by atoms with van der Waals surface area (Å²) in [5.74, 6) is -2.75. The highest BCUT2D eigenvalue weighted by Gasteiger charge is 2.72. The summed E-state index contributed by atoms with van der Waals surface area (Å²) in [6.45, 7) is 11.3. The Morgan fingerprint density at radius 3 is 1.80 bits per heavy atom. The fourth-order valence-electron chi connectivity index (χ4n) is 16.4. The smallest absolute Gasteiger partial charge is 0.315 e. The maximum atomic E-state index is 15.4. The van der Waals surface area contributed by atoms with Crippen molar-refractivity contribution in [3.8, 4) is 0 Å². The van der Waals surface area contributed by atoms with Crippen molar-refractivity contribution in [2.75, 3.05) is 19.8 Å². The molecule has 0 aromatic carbocycles. The van der Waals surface area contributed by atoms with Crippen LogP contribution in [0.4, 0.5) is 0 Å². The molecule has 25 heteroatoms. The van der Waals surface area contributed by atoms with Crippen LogP contribution in [-0.4, -0.2) is 243 Å². The van der Waals surface area contributed by atoms with Gasteiger partial charge in [-0.3, -0.25) is 9.59 Å². The van der Waals surface area contributed by atoms with E-state index in [2.05, 4.69) is 40.7 Å². The van der Waals surface area contributed by atoms with E-state index in [0.717, 1.165) is 5.57 Å². The van der Waals surface area contributed by atoms with Crippen LogP contribution < -0.4 is 0 Å². The SMILES string of the molecule is CC1OC(OC2C(CO)OC(OCC3OC(OC4C(OC(=O)C56CCC(C)(C)CC5C5=CCC7C8(C)CC(O)C(O)C(C)(C(=O)O)C8CCC7(C)C5(C)CC6)OC(CO)C(O)C4O)C(O)C(O)C3O)C(O)C2O)C(O)C(O)C1O. The van der Waals surface area contributed by atoms with Crippen molar-refractivity contribution in [3.05, 3.63) is 11.6 Å². The molecule has 8 fully saturated rings. The number of carboxylic acids is 1. The molecule has 5 aliphatic carbocycles. The number of fused-ring (bicyclic) bond motifs is 7. The zero-order valence-corrected chi connectivity index (χ0v) is 45.8. The molecular weight excluding hydrogens is 1050 g/mol. The number of aliphatic carboxylic acids is 1. The third-order valence-corrected chi connectivity index (χ3v) is 21.5. The lowest BCUT2D eigenvalue weighted by Gasteiger charge is -2.71. The molecule has 4 heterocycles. The molecule has 9 aliphatic rings. The summed E-state index contributed by atoms with van der Waals surface area (Å²) in [4.78, 5) is 28.3. The first-order chi connectivity index (χ1) is 36.9. The van der Waals surface area contributed by atoms with E-state index in [1.54, 1.807) is 6.92 Å². The van der Waals surface area contributed by atoms with Gasteiger partial charge in [-0.25, -0.2) is 0 Å². The largest absolute Gasteiger partial charge is 0.481 e. The first-order valence-electron chi connectivity index (χ1n) is 27.9. The molecule has 0 spiro atoms. The zero-order chi connectivity index (χ0) is 58.0. The van der Waals surface area contributed by atoms with Crippen LogP contribution in [0.3, 0.4) is 0 Å². The molecule has 0 bridgehead atoms. The van der Waals surface area contributed by atoms with Gasteiger partial charge in [0.15, 0.2) is 25.0 Å². The summed E-state index contributed by atoms with van der Waals surface area (Å²) in [6, 6.07) is 0. The highest BCUT2D eigenvalue weighted by Crippen LogP contribution is 2.76. The Balaban J connectivity index is 0.929. The highest BCUT2D eigenvalue weighted by atomic mass is 16.8. The van der Waals surface area contributed by atoms with Gasteiger partial charge in [-0.05, 0) is 111 Å². The third kappa shape index (κ3) is 9.85. The summed E-state index contributed by atoms with van der Waals surface area (Å²) < 4.78 is 46.7. The Morgan fingerprint density at radius 2 is 1.15 bits per heavy atom. The first kappa shape index (κ1) is 61.4. The van der Waals surface area contributed by atoms with Crippen molar-refractivity contribution in [1.29, 1.82) is 0 Å². The second kappa shape index (κ2) is 22.0. The van der Waals surface area contributed by atoms with E-state index in [1.165, 1.54) is 6.92 Å². The predicted octanol–water partition coefficient (Wildman–Crippen LogP) is -2.97. The van der Waals surface area contributed by atoms with Crippen molar-refractivity contribution in [3.63, 3.8) is 0 Å². The summed E-state index contributed by atoms with van der Waals surface area (Å²) in [6.07, 6.45) is -31.3. The van der Waals surface area contributed by atoms with Crippen LogP contribution in [0.1, 0.15) is 106 Å². The van der Waals surface area contributed by atoms with Gasteiger partial charge in [0.1, 0.15) is 85.5 Å². The van der Waals surface area contributed by atoms with Gasteiger partial charge in [0.05, 0.1) is 49.0 Å². The van der Waals surface area contributed by atoms with Gasteiger partial charge in [0.25, 0.3) is 0 Å². The second-order valence-corrected chi connectivity index (χ2v) is 26.2. The van der Waals surface area contributed by atoms with E-state index >= 15 is 4.79 Å². The van der Waals surface area contributed by atoms with Crippen molar-refractivity contribution in [2.24, 2.45) is 50.2 Å². The second-order valence-electron chi connectivity index (χ2n) is 26.2. The fraction of sp³-hybridized carbons (Fsp3) is 0.926. The number of rotatable bonds is 12. The number of aliphatic hydroxyl groups is 14. The van der Waals surface area contributed by atoms with Crippen LogP contribution in [-0.2, 0) is 47.5 Å². The monoisotopic (exact) mass is 1130 g/mol. The minimum absolute atomic E-state index is 0.0894. The molecule has 0 aromatic rings. The third-order valence-electron chi connectivity index (χ3n) is 21.5. The topological polar surface area (TPSA) is 411 Å². The molecule has 25 nitrogen and oxygen atoms in total. The van der Waals surface area contributed by atoms with E-state index < -0.39 is 200 Å². The molecular formula is C54H86O25. The number of hydrogen-bond donors (Lipinski definition) is 15. The highest BCUT2D eigenvalue weighted by molar-refractivity contribution is 5.79. The molecule has 30 atom stereocenters. The molecule has 0 radical (unpaired) electrons. The lowest BCUT2D eigenvalue weighted by atomic mass is 9.33. The number of ether oxygens (including phenoxy) is 8. The Morgan fingerprint density at radius 1 is 0.595 bits per heavy atom. The summed E-state index contributed by atoms with van der Waals surface area (Å²) in [5.41, 5.74) is -3.51. The molecule has 79 heavy (non-hydrogen) atoms. The fourth-order valence-corrected chi connectivity index (χ4v) is 16.4. The van der Waals surface area contributed by atoms with Gasteiger partial charge in [0.2, 0.25) is 6.29 Å². The summed E-state index contributed by atoms with van der Waals surface area (Å²) >= 11 is 0. The molecule has 452 valence electrons. The van der Waals surface area contributed by atoms with Crippen LogP contribution in [0, 0.1) is 50.2 Å². The average Bonchev–Trinajstić information content (AvgIpc) is 2.65. The minimum Gasteiger partial charge on any atom is -0.481 e. The van der Waals surface area contributed by atoms with E-state index in [4.69, 9.17) is 37.9 Å². The maximum absolute atomic E-state index is 15.4. The Kier molecular flexibility index (Phi) is 17.1. The Labute approximate surface area is 457 Å². The Hall–Kier alpha value is -2.16. The van der Waals surface area contributed by atoms with Crippen molar-refractivity contribution >= 4 is 11.9 Å². The number of aliphatic hydroxyl groups excluding tert-OH is 14. The minimum atomic E-state index is -2.07. The Bertz CT molecular complexity index is 2240. The van der Waals surface area contributed by atoms with E-state index in [0.29, 0.717) is 51.4 Å². The zero-order valence-electron chi connectivity index (χ0n) is 45.8. The number of carboxylic acid groups (broad SMARTS) is 1. The average molecular weight is 1140 g/mol. The molecule has 9 rings (SSSR count). The van der Waals surface area contributed by atoms with Gasteiger partial charge >= 0.3 is 11.9 Å². The lowest BCUT2D eigenvalue weighted by molar-refractivity contribution is -0.374. The van der Waals surface area contributed by atoms with Gasteiger partial charge in [-0.15, -0.1) is 0 Å². The van der Waals surface area contributed by atoms with Crippen LogP contribution in [0.2, 0.25) is 0 Å². The summed E-state index contributed by atoms with van der Waals surface area (Å²) in [7, 11) is 0. The number of allylic oxidation sites excluding steroid dienone is 2. The molecule has 15 N–H and O–H groups in total. The number of esters is 1. The van der Waals surface area contributed by atoms with Crippen molar-refractivity contribution < 1.29 is 124 Å². The van der Waals surface area contributed by atoms with Gasteiger partial charge in [-0.1, -0.05) is 46.3 Å². The van der Waals surface area contributed by atoms with Gasteiger partial charge in [-0.2, -0.15) is 0 Å². The molecule has 30 unspecified atom stereocenters. The normalized spacial score (nSPS) is 54.5. The number of hydrogen-bond acceptors (Lipinski definition) is 24. The van der Waals surface area contributed by atoms with Crippen LogP contribution in [0.15, 0.2) is 11.6 Å². The van der Waals surface area contributed by atoms with Crippen molar-refractivity contribution in [1.82, 2.24) is 0 Å². The predicted molar refractivity (Wildman–Crippen MR) is 265 cm³/mol. The molecule has 4 saturated carbocycles. The van der Waals surface area contributed by atoms with Gasteiger partial charge in [0, 0.05) is 0 Å². The van der Waals surface area contributed by atoms with E-state index in [1.807, 2.05) is 0 Å². The summed E-state index contributed by atoms with van der Waals surface area (Å²) in [5, 5.41) is 163. The molecule has 0 aromatic heterocycles. The molecule has 4 aliphatic heterocycles. The number of carbonyl (C=O) groups is 2. The standard InChI is InChI=1S/C54H86O25/c1-21-30(58)33(61)37(65)44(73-21)77-40-26(19-56)75-43(39(67)36(40)64)72-20-27-32(60)34(62)38(66)45(76-27)78-41-35(63)31(59)25(18-55)74-46(41)79-48(71)54-14-12-49(2,3)16-23(54)22-8-9-28-50(4)17-24(57)42(68)53(7,47(69)70)29(50)10-11-52(28,6)51(22,5)13-15-54/h8,21,23-46,55-68H,9-20H2,1-7H3,(H,69,70). The molecule has 4 saturated heterocycles. The first-order valence-corrected chi connectivity index (χ1v) is 27.9. The van der Waals surface area contributed by atoms with E-state index in [9.17, 15) is 81.4 Å². The van der Waals surface area contributed by atoms with Crippen LogP contribution >= 0.6 is 0 Å². The van der Waals surface area contributed by atoms with E-state index in [-0.39, 0.29) is 23.7 Å². The van der Waals surface area contributed by atoms with Crippen molar-refractivity contribution in [2.45, 2.75) is 241 Å². The number of carbonyl (C=O) groups excluding carboxylic acids is 1. The quantitative estimate of drug-likeness (QED) is 0.0685. The maximum Gasteiger partial charge on any atom is 0.315 e. The van der Waals surface area contributed by atoms with Crippen LogP contribution in [0.25, 0.3) is 0 Å². The molecule has 0 amide bonds.